The maximum atomic E-state index is 12.3. The molecule has 0 unspecified atom stereocenters. The van der Waals surface area contributed by atoms with Gasteiger partial charge in [-0.25, -0.2) is 14.8 Å². The third-order valence-corrected chi connectivity index (χ3v) is 4.64. The van der Waals surface area contributed by atoms with Gasteiger partial charge in [-0.1, -0.05) is 0 Å². The maximum Gasteiger partial charge on any atom is 0.410 e. The first-order chi connectivity index (χ1) is 11.4. The molecule has 0 aromatic carbocycles. The average molecular weight is 348 g/mol. The lowest BCUT2D eigenvalue weighted by molar-refractivity contribution is 0.0233. The third-order valence-electron chi connectivity index (χ3n) is 3.73. The Labute approximate surface area is 146 Å². The van der Waals surface area contributed by atoms with Crippen molar-refractivity contribution < 1.29 is 9.53 Å². The van der Waals surface area contributed by atoms with Crippen LogP contribution < -0.4 is 5.32 Å². The molecule has 1 aliphatic carbocycles. The van der Waals surface area contributed by atoms with Crippen LogP contribution in [0.5, 0.6) is 0 Å². The standard InChI is InChI=1S/C17H24N4O2S/c1-17(2,3)23-16(22)21(12-5-6-12)9-4-8-18-15-14-13(7-10-24-14)19-11-20-15/h7,10-12H,4-6,8-9H2,1-3H3,(H,18,19,20). The van der Waals surface area contributed by atoms with Gasteiger partial charge in [0.1, 0.15) is 17.7 Å². The monoisotopic (exact) mass is 348 g/mol. The van der Waals surface area contributed by atoms with Crippen molar-refractivity contribution in [1.29, 1.82) is 0 Å². The van der Waals surface area contributed by atoms with Gasteiger partial charge in [-0.3, -0.25) is 0 Å². The number of hydrogen-bond acceptors (Lipinski definition) is 6. The highest BCUT2D eigenvalue weighted by Gasteiger charge is 2.34. The zero-order valence-corrected chi connectivity index (χ0v) is 15.2. The van der Waals surface area contributed by atoms with E-state index in [0.29, 0.717) is 12.6 Å². The van der Waals surface area contributed by atoms with Gasteiger partial charge < -0.3 is 15.0 Å². The second-order valence-corrected chi connectivity index (χ2v) is 7.96. The van der Waals surface area contributed by atoms with E-state index in [2.05, 4.69) is 15.3 Å². The Hall–Kier alpha value is -1.89. The summed E-state index contributed by atoms with van der Waals surface area (Å²) < 4.78 is 6.58. The second-order valence-electron chi connectivity index (χ2n) is 7.04. The number of anilines is 1. The summed E-state index contributed by atoms with van der Waals surface area (Å²) in [6.07, 6.45) is 4.39. The van der Waals surface area contributed by atoms with E-state index < -0.39 is 5.60 Å². The van der Waals surface area contributed by atoms with E-state index in [0.717, 1.165) is 41.8 Å². The molecule has 130 valence electrons. The minimum Gasteiger partial charge on any atom is -0.444 e. The molecule has 3 rings (SSSR count). The van der Waals surface area contributed by atoms with Crippen molar-refractivity contribution in [3.63, 3.8) is 0 Å². The van der Waals surface area contributed by atoms with E-state index in [-0.39, 0.29) is 6.09 Å². The number of amides is 1. The van der Waals surface area contributed by atoms with Crippen molar-refractivity contribution in [2.24, 2.45) is 0 Å². The van der Waals surface area contributed by atoms with Gasteiger partial charge in [0.2, 0.25) is 0 Å². The van der Waals surface area contributed by atoms with Gasteiger partial charge in [-0.05, 0) is 51.5 Å². The van der Waals surface area contributed by atoms with Gasteiger partial charge in [-0.2, -0.15) is 0 Å². The highest BCUT2D eigenvalue weighted by Crippen LogP contribution is 2.29. The fourth-order valence-electron chi connectivity index (χ4n) is 2.50. The van der Waals surface area contributed by atoms with E-state index in [9.17, 15) is 4.79 Å². The number of ether oxygens (including phenoxy) is 1. The molecular weight excluding hydrogens is 324 g/mol. The number of aromatic nitrogens is 2. The Bertz CT molecular complexity index is 706. The number of hydrogen-bond donors (Lipinski definition) is 1. The average Bonchev–Trinajstić information content (AvgIpc) is 3.21. The minimum absolute atomic E-state index is 0.201. The van der Waals surface area contributed by atoms with Gasteiger partial charge in [-0.15, -0.1) is 11.3 Å². The number of nitrogens with one attached hydrogen (secondary N) is 1. The molecule has 24 heavy (non-hydrogen) atoms. The largest absolute Gasteiger partial charge is 0.444 e. The predicted molar refractivity (Wildman–Crippen MR) is 96.5 cm³/mol. The van der Waals surface area contributed by atoms with Crippen LogP contribution in [0, 0.1) is 0 Å². The second kappa shape index (κ2) is 6.93. The smallest absolute Gasteiger partial charge is 0.410 e. The Kier molecular flexibility index (Phi) is 4.89. The number of carbonyl (C=O) groups excluding carboxylic acids is 1. The fourth-order valence-corrected chi connectivity index (χ4v) is 3.31. The summed E-state index contributed by atoms with van der Waals surface area (Å²) in [4.78, 5) is 22.7. The fraction of sp³-hybridized carbons (Fsp3) is 0.588. The number of rotatable bonds is 6. The summed E-state index contributed by atoms with van der Waals surface area (Å²) in [7, 11) is 0. The molecule has 7 heteroatoms. The van der Waals surface area contributed by atoms with Crippen LogP contribution in [0.4, 0.5) is 10.6 Å². The first-order valence-electron chi connectivity index (χ1n) is 8.36. The molecule has 0 saturated heterocycles. The molecule has 0 atom stereocenters. The molecular formula is C17H24N4O2S. The van der Waals surface area contributed by atoms with Gasteiger partial charge in [0.05, 0.1) is 10.2 Å². The molecule has 0 aliphatic heterocycles. The summed E-state index contributed by atoms with van der Waals surface area (Å²) in [5, 5.41) is 5.37. The molecule has 0 bridgehead atoms. The number of thiophene rings is 1. The molecule has 2 aromatic heterocycles. The van der Waals surface area contributed by atoms with Crippen LogP contribution in [0.2, 0.25) is 0 Å². The van der Waals surface area contributed by atoms with E-state index in [1.807, 2.05) is 37.1 Å². The van der Waals surface area contributed by atoms with E-state index in [1.165, 1.54) is 0 Å². The molecule has 1 amide bonds. The minimum atomic E-state index is -0.450. The zero-order chi connectivity index (χ0) is 17.2. The van der Waals surface area contributed by atoms with E-state index in [1.54, 1.807) is 17.7 Å². The van der Waals surface area contributed by atoms with E-state index >= 15 is 0 Å². The maximum absolute atomic E-state index is 12.3. The van der Waals surface area contributed by atoms with Crippen LogP contribution in [0.1, 0.15) is 40.0 Å². The van der Waals surface area contributed by atoms with Gasteiger partial charge in [0.15, 0.2) is 0 Å². The van der Waals surface area contributed by atoms with Crippen molar-refractivity contribution in [3.8, 4) is 0 Å². The van der Waals surface area contributed by atoms with Crippen LogP contribution in [0.25, 0.3) is 10.2 Å². The van der Waals surface area contributed by atoms with E-state index in [4.69, 9.17) is 4.74 Å². The number of carbonyl (C=O) groups is 1. The molecule has 1 saturated carbocycles. The van der Waals surface area contributed by atoms with Crippen molar-refractivity contribution in [3.05, 3.63) is 17.8 Å². The summed E-state index contributed by atoms with van der Waals surface area (Å²) in [6.45, 7) is 7.16. The summed E-state index contributed by atoms with van der Waals surface area (Å²) >= 11 is 1.63. The Balaban J connectivity index is 1.51. The van der Waals surface area contributed by atoms with Gasteiger partial charge >= 0.3 is 6.09 Å². The van der Waals surface area contributed by atoms with Crippen molar-refractivity contribution >= 4 is 33.5 Å². The Morgan fingerprint density at radius 1 is 1.42 bits per heavy atom. The van der Waals surface area contributed by atoms with Crippen LogP contribution >= 0.6 is 11.3 Å². The highest BCUT2D eigenvalue weighted by atomic mass is 32.1. The zero-order valence-electron chi connectivity index (χ0n) is 14.4. The molecule has 2 aromatic rings. The number of nitrogens with zero attached hydrogens (tertiary/aromatic N) is 3. The topological polar surface area (TPSA) is 67.3 Å². The van der Waals surface area contributed by atoms with Crippen LogP contribution in [0.15, 0.2) is 17.8 Å². The van der Waals surface area contributed by atoms with Crippen LogP contribution in [-0.2, 0) is 4.74 Å². The van der Waals surface area contributed by atoms with Gasteiger partial charge in [0, 0.05) is 19.1 Å². The molecule has 1 N–H and O–H groups in total. The molecule has 1 aliphatic rings. The Morgan fingerprint density at radius 2 is 2.21 bits per heavy atom. The predicted octanol–water partition coefficient (Wildman–Crippen LogP) is 3.89. The van der Waals surface area contributed by atoms with Crippen molar-refractivity contribution in [2.45, 2.75) is 51.7 Å². The first-order valence-corrected chi connectivity index (χ1v) is 9.24. The summed E-state index contributed by atoms with van der Waals surface area (Å²) in [5.41, 5.74) is 0.514. The lowest BCUT2D eigenvalue weighted by Gasteiger charge is -2.27. The lowest BCUT2D eigenvalue weighted by atomic mass is 10.2. The highest BCUT2D eigenvalue weighted by molar-refractivity contribution is 7.17. The van der Waals surface area contributed by atoms with Gasteiger partial charge in [0.25, 0.3) is 0 Å². The quantitative estimate of drug-likeness (QED) is 0.802. The van der Waals surface area contributed by atoms with Crippen molar-refractivity contribution in [1.82, 2.24) is 14.9 Å². The third kappa shape index (κ3) is 4.35. The molecule has 6 nitrogen and oxygen atoms in total. The first kappa shape index (κ1) is 17.0. The molecule has 0 spiro atoms. The normalized spacial score (nSPS) is 14.6. The molecule has 2 heterocycles. The molecule has 0 radical (unpaired) electrons. The SMILES string of the molecule is CC(C)(C)OC(=O)N(CCCNc1ncnc2ccsc12)C1CC1. The summed E-state index contributed by atoms with van der Waals surface area (Å²) in [6, 6.07) is 2.34. The van der Waals surface area contributed by atoms with Crippen LogP contribution in [-0.4, -0.2) is 45.7 Å². The Morgan fingerprint density at radius 3 is 2.92 bits per heavy atom. The summed E-state index contributed by atoms with van der Waals surface area (Å²) in [5.74, 6) is 0.866. The van der Waals surface area contributed by atoms with Crippen molar-refractivity contribution in [2.75, 3.05) is 18.4 Å². The number of fused-ring (bicyclic) bond motifs is 1. The van der Waals surface area contributed by atoms with Crippen LogP contribution in [0.3, 0.4) is 0 Å². The molecule has 1 fully saturated rings. The lowest BCUT2D eigenvalue weighted by Crippen LogP contribution is -2.39.